The molecule has 3 nitrogen and oxygen atoms in total. The monoisotopic (exact) mass is 187 g/mol. The van der Waals surface area contributed by atoms with Crippen LogP contribution in [-0.2, 0) is 4.74 Å². The van der Waals surface area contributed by atoms with E-state index in [1.165, 1.54) is 0 Å². The van der Waals surface area contributed by atoms with Crippen molar-refractivity contribution in [3.63, 3.8) is 0 Å². The molecule has 1 aliphatic heterocycles. The molecule has 0 spiro atoms. The van der Waals surface area contributed by atoms with E-state index in [9.17, 15) is 5.11 Å². The van der Waals surface area contributed by atoms with Crippen molar-refractivity contribution < 1.29 is 9.84 Å². The zero-order valence-corrected chi connectivity index (χ0v) is 8.62. The Morgan fingerprint density at radius 2 is 2.38 bits per heavy atom. The number of ether oxygens (including phenoxy) is 1. The molecule has 0 aliphatic carbocycles. The number of hydrogen-bond acceptors (Lipinski definition) is 3. The summed E-state index contributed by atoms with van der Waals surface area (Å²) in [4.78, 5) is 0. The summed E-state index contributed by atoms with van der Waals surface area (Å²) < 4.78 is 5.44. The minimum absolute atomic E-state index is 0.196. The molecule has 1 heterocycles. The number of nitrogens with one attached hydrogen (secondary N) is 1. The van der Waals surface area contributed by atoms with Crippen LogP contribution in [0.5, 0.6) is 0 Å². The smallest absolute Gasteiger partial charge is 0.0662 e. The quantitative estimate of drug-likeness (QED) is 0.687. The molecule has 0 aromatic rings. The van der Waals surface area contributed by atoms with E-state index in [4.69, 9.17) is 4.74 Å². The van der Waals surface area contributed by atoms with Crippen LogP contribution in [0.3, 0.4) is 0 Å². The Morgan fingerprint density at radius 3 is 3.00 bits per heavy atom. The van der Waals surface area contributed by atoms with Crippen molar-refractivity contribution in [3.05, 3.63) is 0 Å². The van der Waals surface area contributed by atoms with Gasteiger partial charge in [0, 0.05) is 19.2 Å². The van der Waals surface area contributed by atoms with Crippen LogP contribution in [0.15, 0.2) is 0 Å². The van der Waals surface area contributed by atoms with Crippen LogP contribution in [0.4, 0.5) is 0 Å². The topological polar surface area (TPSA) is 41.5 Å². The molecule has 0 aromatic heterocycles. The molecule has 3 atom stereocenters. The normalized spacial score (nSPS) is 31.6. The van der Waals surface area contributed by atoms with Crippen LogP contribution < -0.4 is 5.32 Å². The first-order valence-corrected chi connectivity index (χ1v) is 5.25. The average molecular weight is 187 g/mol. The maximum Gasteiger partial charge on any atom is 0.0662 e. The van der Waals surface area contributed by atoms with Gasteiger partial charge in [-0.1, -0.05) is 6.92 Å². The van der Waals surface area contributed by atoms with Gasteiger partial charge < -0.3 is 15.2 Å². The fraction of sp³-hybridized carbons (Fsp3) is 1.00. The number of aliphatic hydroxyl groups excluding tert-OH is 1. The molecule has 0 aromatic carbocycles. The molecular formula is C10H21NO2. The molecule has 1 aliphatic rings. The molecule has 0 saturated carbocycles. The third-order valence-electron chi connectivity index (χ3n) is 2.60. The minimum atomic E-state index is -0.196. The van der Waals surface area contributed by atoms with E-state index in [2.05, 4.69) is 12.2 Å². The van der Waals surface area contributed by atoms with E-state index in [0.717, 1.165) is 25.9 Å². The molecule has 1 saturated heterocycles. The Morgan fingerprint density at radius 1 is 1.62 bits per heavy atom. The van der Waals surface area contributed by atoms with Gasteiger partial charge in [-0.3, -0.25) is 0 Å². The maximum absolute atomic E-state index is 9.36. The highest BCUT2D eigenvalue weighted by Crippen LogP contribution is 2.12. The Labute approximate surface area is 80.5 Å². The highest BCUT2D eigenvalue weighted by atomic mass is 16.5. The molecule has 13 heavy (non-hydrogen) atoms. The zero-order chi connectivity index (χ0) is 9.68. The summed E-state index contributed by atoms with van der Waals surface area (Å²) in [5, 5.41) is 12.7. The number of hydrogen-bond donors (Lipinski definition) is 2. The van der Waals surface area contributed by atoms with Gasteiger partial charge >= 0.3 is 0 Å². The van der Waals surface area contributed by atoms with Gasteiger partial charge in [-0.2, -0.15) is 0 Å². The zero-order valence-electron chi connectivity index (χ0n) is 8.62. The van der Waals surface area contributed by atoms with Crippen molar-refractivity contribution in [2.24, 2.45) is 0 Å². The lowest BCUT2D eigenvalue weighted by Crippen LogP contribution is -2.41. The number of aliphatic hydroxyl groups is 1. The molecule has 78 valence electrons. The van der Waals surface area contributed by atoms with Gasteiger partial charge in [-0.25, -0.2) is 0 Å². The van der Waals surface area contributed by atoms with Crippen LogP contribution in [-0.4, -0.2) is 36.5 Å². The van der Waals surface area contributed by atoms with Crippen LogP contribution in [0.1, 0.15) is 33.1 Å². The van der Waals surface area contributed by atoms with E-state index in [-0.39, 0.29) is 6.10 Å². The maximum atomic E-state index is 9.36. The van der Waals surface area contributed by atoms with E-state index >= 15 is 0 Å². The summed E-state index contributed by atoms with van der Waals surface area (Å²) in [7, 11) is 0. The standard InChI is InChI=1S/C10H21NO2/c1-3-10(12)7-11-9-4-5-13-8(2)6-9/h8-12H,3-7H2,1-2H3. The lowest BCUT2D eigenvalue weighted by atomic mass is 10.0. The van der Waals surface area contributed by atoms with Gasteiger partial charge in [-0.05, 0) is 26.2 Å². The second-order valence-corrected chi connectivity index (χ2v) is 3.87. The highest BCUT2D eigenvalue weighted by molar-refractivity contribution is 4.75. The molecule has 3 unspecified atom stereocenters. The van der Waals surface area contributed by atoms with Gasteiger partial charge in [0.2, 0.25) is 0 Å². The largest absolute Gasteiger partial charge is 0.392 e. The van der Waals surface area contributed by atoms with Gasteiger partial charge in [0.25, 0.3) is 0 Å². The van der Waals surface area contributed by atoms with Crippen molar-refractivity contribution in [2.45, 2.75) is 51.4 Å². The van der Waals surface area contributed by atoms with Crippen molar-refractivity contribution in [2.75, 3.05) is 13.2 Å². The summed E-state index contributed by atoms with van der Waals surface area (Å²) in [6.07, 6.45) is 3.13. The van der Waals surface area contributed by atoms with Gasteiger partial charge in [-0.15, -0.1) is 0 Å². The predicted molar refractivity (Wildman–Crippen MR) is 52.7 cm³/mol. The first-order chi connectivity index (χ1) is 6.22. The van der Waals surface area contributed by atoms with E-state index in [0.29, 0.717) is 18.7 Å². The SMILES string of the molecule is CCC(O)CNC1CCOC(C)C1. The third kappa shape index (κ3) is 4.07. The second-order valence-electron chi connectivity index (χ2n) is 3.87. The minimum Gasteiger partial charge on any atom is -0.392 e. The highest BCUT2D eigenvalue weighted by Gasteiger charge is 2.18. The molecule has 1 fully saturated rings. The number of rotatable bonds is 4. The van der Waals surface area contributed by atoms with Crippen molar-refractivity contribution in [1.29, 1.82) is 0 Å². The van der Waals surface area contributed by atoms with Gasteiger partial charge in [0.15, 0.2) is 0 Å². The van der Waals surface area contributed by atoms with E-state index in [1.807, 2.05) is 6.92 Å². The molecular weight excluding hydrogens is 166 g/mol. The van der Waals surface area contributed by atoms with Crippen molar-refractivity contribution in [3.8, 4) is 0 Å². The van der Waals surface area contributed by atoms with Crippen molar-refractivity contribution in [1.82, 2.24) is 5.32 Å². The summed E-state index contributed by atoms with van der Waals surface area (Å²) in [6, 6.07) is 0.532. The van der Waals surface area contributed by atoms with Crippen LogP contribution in [0.25, 0.3) is 0 Å². The second kappa shape index (κ2) is 5.58. The van der Waals surface area contributed by atoms with Crippen LogP contribution in [0.2, 0.25) is 0 Å². The van der Waals surface area contributed by atoms with Gasteiger partial charge in [0.1, 0.15) is 0 Å². The Kier molecular flexibility index (Phi) is 4.70. The van der Waals surface area contributed by atoms with E-state index in [1.54, 1.807) is 0 Å². The molecule has 2 N–H and O–H groups in total. The summed E-state index contributed by atoms with van der Waals surface area (Å²) in [6.45, 7) is 5.66. The molecule has 1 rings (SSSR count). The summed E-state index contributed by atoms with van der Waals surface area (Å²) >= 11 is 0. The molecule has 3 heteroatoms. The van der Waals surface area contributed by atoms with Crippen LogP contribution in [0, 0.1) is 0 Å². The Bertz CT molecular complexity index is 141. The Balaban J connectivity index is 2.13. The predicted octanol–water partition coefficient (Wildman–Crippen LogP) is 0.914. The third-order valence-corrected chi connectivity index (χ3v) is 2.60. The fourth-order valence-corrected chi connectivity index (χ4v) is 1.63. The molecule has 0 bridgehead atoms. The first kappa shape index (κ1) is 11.0. The summed E-state index contributed by atoms with van der Waals surface area (Å²) in [5.74, 6) is 0. The molecule has 0 amide bonds. The van der Waals surface area contributed by atoms with Gasteiger partial charge in [0.05, 0.1) is 12.2 Å². The molecule has 0 radical (unpaired) electrons. The summed E-state index contributed by atoms with van der Waals surface area (Å²) in [5.41, 5.74) is 0. The Hall–Kier alpha value is -0.120. The van der Waals surface area contributed by atoms with Crippen LogP contribution >= 0.6 is 0 Å². The first-order valence-electron chi connectivity index (χ1n) is 5.25. The van der Waals surface area contributed by atoms with E-state index < -0.39 is 0 Å². The average Bonchev–Trinajstić information content (AvgIpc) is 2.14. The lowest BCUT2D eigenvalue weighted by Gasteiger charge is -2.28. The lowest BCUT2D eigenvalue weighted by molar-refractivity contribution is 0.0109. The van der Waals surface area contributed by atoms with Crippen molar-refractivity contribution >= 4 is 0 Å². The fourth-order valence-electron chi connectivity index (χ4n) is 1.63.